The number of ether oxygens (including phenoxy) is 1. The molecular formula is C19H18ClN2O3+. The molecule has 0 bridgehead atoms. The summed E-state index contributed by atoms with van der Waals surface area (Å²) >= 11 is 5.79. The lowest BCUT2D eigenvalue weighted by Gasteiger charge is -2.09. The Labute approximate surface area is 151 Å². The van der Waals surface area contributed by atoms with E-state index >= 15 is 0 Å². The molecule has 0 aliphatic carbocycles. The van der Waals surface area contributed by atoms with Crippen molar-refractivity contribution in [2.45, 2.75) is 12.8 Å². The van der Waals surface area contributed by atoms with Crippen molar-refractivity contribution in [1.29, 1.82) is 0 Å². The summed E-state index contributed by atoms with van der Waals surface area (Å²) in [5.74, 6) is -0.690. The Hall–Kier alpha value is -2.84. The van der Waals surface area contributed by atoms with Crippen LogP contribution >= 0.6 is 11.6 Å². The van der Waals surface area contributed by atoms with Crippen LogP contribution in [0.1, 0.15) is 22.3 Å². The number of esters is 1. The highest BCUT2D eigenvalue weighted by atomic mass is 35.5. The zero-order valence-corrected chi connectivity index (χ0v) is 14.5. The van der Waals surface area contributed by atoms with Crippen LogP contribution in [0.5, 0.6) is 0 Å². The van der Waals surface area contributed by atoms with Gasteiger partial charge in [0.05, 0.1) is 13.5 Å². The molecule has 0 unspecified atom stereocenters. The van der Waals surface area contributed by atoms with E-state index < -0.39 is 0 Å². The smallest absolute Gasteiger partial charge is 0.468 e. The number of methoxy groups -OCH3 is 1. The molecule has 2 aromatic carbocycles. The second-order valence-corrected chi connectivity index (χ2v) is 5.61. The average Bonchev–Trinajstić information content (AvgIpc) is 2.64. The van der Waals surface area contributed by atoms with Gasteiger partial charge in [0.25, 0.3) is 6.07 Å². The van der Waals surface area contributed by atoms with Gasteiger partial charge in [0.2, 0.25) is 0 Å². The Balaban J connectivity index is 1.93. The van der Waals surface area contributed by atoms with Gasteiger partial charge >= 0.3 is 11.9 Å². The van der Waals surface area contributed by atoms with Crippen molar-refractivity contribution in [3.05, 3.63) is 69.5 Å². The first kappa shape index (κ1) is 18.5. The van der Waals surface area contributed by atoms with Crippen LogP contribution in [-0.4, -0.2) is 25.5 Å². The monoisotopic (exact) mass is 357 g/mol. The lowest BCUT2D eigenvalue weighted by molar-refractivity contribution is -0.138. The molecule has 5 nitrogen and oxygen atoms in total. The molecule has 2 rings (SSSR count). The summed E-state index contributed by atoms with van der Waals surface area (Å²) in [6, 6.07) is 16.9. The number of carbonyl (C=O) groups is 2. The summed E-state index contributed by atoms with van der Waals surface area (Å²) in [4.78, 5) is 27.0. The van der Waals surface area contributed by atoms with Crippen LogP contribution in [0.2, 0.25) is 5.02 Å². The quantitative estimate of drug-likeness (QED) is 0.793. The van der Waals surface area contributed by atoms with Crippen LogP contribution < -0.4 is 5.32 Å². The van der Waals surface area contributed by atoms with E-state index in [1.54, 1.807) is 24.3 Å². The fourth-order valence-corrected chi connectivity index (χ4v) is 2.25. The summed E-state index contributed by atoms with van der Waals surface area (Å²) in [5, 5.41) is 3.60. The van der Waals surface area contributed by atoms with E-state index in [0.717, 1.165) is 11.3 Å². The molecule has 0 atom stereocenters. The van der Waals surface area contributed by atoms with E-state index in [-0.39, 0.29) is 18.4 Å². The summed E-state index contributed by atoms with van der Waals surface area (Å²) < 4.78 is 4.61. The second kappa shape index (κ2) is 9.45. The maximum atomic E-state index is 11.9. The van der Waals surface area contributed by atoms with Gasteiger partial charge in [-0.25, -0.2) is 0 Å². The second-order valence-electron chi connectivity index (χ2n) is 5.17. The van der Waals surface area contributed by atoms with E-state index in [2.05, 4.69) is 21.0 Å². The van der Waals surface area contributed by atoms with E-state index in [9.17, 15) is 9.59 Å². The van der Waals surface area contributed by atoms with Crippen molar-refractivity contribution >= 4 is 29.2 Å². The van der Waals surface area contributed by atoms with Gasteiger partial charge in [-0.2, -0.15) is 4.79 Å². The predicted octanol–water partition coefficient (Wildman–Crippen LogP) is 4.03. The van der Waals surface area contributed by atoms with Crippen LogP contribution in [0.3, 0.4) is 0 Å². The van der Waals surface area contributed by atoms with Crippen molar-refractivity contribution in [3.63, 3.8) is 0 Å². The average molecular weight is 358 g/mol. The maximum Gasteiger partial charge on any atom is 0.547 e. The van der Waals surface area contributed by atoms with Crippen molar-refractivity contribution in [3.8, 4) is 6.07 Å². The molecule has 6 heteroatoms. The van der Waals surface area contributed by atoms with Gasteiger partial charge in [-0.3, -0.25) is 4.79 Å². The summed E-state index contributed by atoms with van der Waals surface area (Å²) in [6.45, 7) is 0.0976. The highest BCUT2D eigenvalue weighted by Crippen LogP contribution is 2.16. The zero-order chi connectivity index (χ0) is 18.1. The third-order valence-electron chi connectivity index (χ3n) is 3.45. The number of hydrogen-bond donors (Lipinski definition) is 1. The topological polar surface area (TPSA) is 59.8 Å². The molecule has 25 heavy (non-hydrogen) atoms. The van der Waals surface area contributed by atoms with Gasteiger partial charge in [-0.15, -0.1) is 0 Å². The molecule has 2 aromatic rings. The highest BCUT2D eigenvalue weighted by Gasteiger charge is 2.14. The van der Waals surface area contributed by atoms with Crippen molar-refractivity contribution in [2.75, 3.05) is 19.0 Å². The molecule has 128 valence electrons. The van der Waals surface area contributed by atoms with E-state index in [4.69, 9.17) is 11.6 Å². The lowest BCUT2D eigenvalue weighted by atomic mass is 10.1. The van der Waals surface area contributed by atoms with Crippen molar-refractivity contribution in [2.24, 2.45) is 0 Å². The fourth-order valence-electron chi connectivity index (χ4n) is 2.13. The third-order valence-corrected chi connectivity index (χ3v) is 3.70. The number of aryl methyl sites for hydroxylation is 1. The SMILES string of the molecule is COC(=O)CNc1ccccc1CCC#[N+]C(=O)c1ccc(Cl)cc1. The van der Waals surface area contributed by atoms with Gasteiger partial charge in [-0.05, 0) is 42.3 Å². The van der Waals surface area contributed by atoms with Crippen molar-refractivity contribution in [1.82, 2.24) is 0 Å². The van der Waals surface area contributed by atoms with E-state index in [1.807, 2.05) is 24.3 Å². The molecule has 0 saturated heterocycles. The van der Waals surface area contributed by atoms with Gasteiger partial charge in [0.1, 0.15) is 12.1 Å². The Morgan fingerprint density at radius 2 is 1.88 bits per heavy atom. The third kappa shape index (κ3) is 5.94. The molecule has 0 saturated carbocycles. The number of nitrogens with one attached hydrogen (secondary N) is 1. The number of benzene rings is 2. The minimum atomic E-state index is -0.353. The first-order valence-corrected chi connectivity index (χ1v) is 8.10. The van der Waals surface area contributed by atoms with Crippen LogP contribution in [0.15, 0.2) is 48.5 Å². The summed E-state index contributed by atoms with van der Waals surface area (Å²) in [7, 11) is 1.35. The van der Waals surface area contributed by atoms with Gasteiger partial charge in [0.15, 0.2) is 0 Å². The minimum Gasteiger partial charge on any atom is -0.468 e. The largest absolute Gasteiger partial charge is 0.547 e. The predicted molar refractivity (Wildman–Crippen MR) is 98.3 cm³/mol. The summed E-state index contributed by atoms with van der Waals surface area (Å²) in [5.41, 5.74) is 2.32. The molecule has 1 N–H and O–H groups in total. The van der Waals surface area contributed by atoms with Crippen LogP contribution in [0.4, 0.5) is 5.69 Å². The molecule has 1 amide bonds. The molecule has 0 fully saturated rings. The van der Waals surface area contributed by atoms with Crippen LogP contribution in [-0.2, 0) is 16.0 Å². The molecule has 0 radical (unpaired) electrons. The highest BCUT2D eigenvalue weighted by molar-refractivity contribution is 6.30. The Morgan fingerprint density at radius 1 is 1.16 bits per heavy atom. The Morgan fingerprint density at radius 3 is 2.60 bits per heavy atom. The molecule has 0 heterocycles. The fraction of sp³-hybridized carbons (Fsp3) is 0.211. The Bertz CT molecular complexity index is 807. The number of carbonyl (C=O) groups excluding carboxylic acids is 2. The number of halogens is 1. The van der Waals surface area contributed by atoms with Gasteiger partial charge in [0, 0.05) is 15.6 Å². The molecule has 0 spiro atoms. The van der Waals surface area contributed by atoms with Crippen molar-refractivity contribution < 1.29 is 14.3 Å². The number of para-hydroxylation sites is 1. The molecular weight excluding hydrogens is 340 g/mol. The van der Waals surface area contributed by atoms with Gasteiger partial charge < -0.3 is 10.1 Å². The van der Waals surface area contributed by atoms with Crippen LogP contribution in [0, 0.1) is 6.07 Å². The lowest BCUT2D eigenvalue weighted by Crippen LogP contribution is -2.15. The van der Waals surface area contributed by atoms with Crippen LogP contribution in [0.25, 0.3) is 4.85 Å². The first-order chi connectivity index (χ1) is 12.1. The normalized spacial score (nSPS) is 9.68. The number of hydrogen-bond acceptors (Lipinski definition) is 4. The molecule has 0 aliphatic heterocycles. The first-order valence-electron chi connectivity index (χ1n) is 7.72. The standard InChI is InChI=1S/C19H18ClN2O3/c1-25-18(23)13-22-17-7-3-2-5-14(17)6-4-12-21-19(24)15-8-10-16(20)11-9-15/h2-3,5,7-11,22H,4,6,13H2,1H3/q+1. The van der Waals surface area contributed by atoms with E-state index in [1.165, 1.54) is 7.11 Å². The zero-order valence-electron chi connectivity index (χ0n) is 13.8. The molecule has 0 aliphatic rings. The number of anilines is 1. The van der Waals surface area contributed by atoms with E-state index in [0.29, 0.717) is 23.4 Å². The number of rotatable bonds is 6. The molecule has 0 aromatic heterocycles. The summed E-state index contributed by atoms with van der Waals surface area (Å²) in [6.07, 6.45) is 1.12. The van der Waals surface area contributed by atoms with Gasteiger partial charge in [-0.1, -0.05) is 29.8 Å². The Kier molecular flexibility index (Phi) is 7.00. The maximum absolute atomic E-state index is 11.9. The number of amides is 1. The number of nitrogens with zero attached hydrogens (tertiary/aromatic N) is 1. The minimum absolute atomic E-state index is 0.0976.